The molecule has 1 unspecified atom stereocenters. The molecule has 6 heteroatoms. The SMILES string of the molecule is CCCCC(CC)C(=O)Nc1cc(Cl)ccc1C(N)=NO. The number of nitrogens with one attached hydrogen (secondary N) is 1. The number of oxime groups is 1. The highest BCUT2D eigenvalue weighted by atomic mass is 35.5. The average Bonchev–Trinajstić information content (AvgIpc) is 2.47. The fourth-order valence-electron chi connectivity index (χ4n) is 2.10. The van der Waals surface area contributed by atoms with Crippen LogP contribution in [0.25, 0.3) is 0 Å². The van der Waals surface area contributed by atoms with Crippen LogP contribution in [0.4, 0.5) is 5.69 Å². The van der Waals surface area contributed by atoms with Gasteiger partial charge in [0.05, 0.1) is 5.69 Å². The van der Waals surface area contributed by atoms with Crippen molar-refractivity contribution in [3.8, 4) is 0 Å². The summed E-state index contributed by atoms with van der Waals surface area (Å²) in [6, 6.07) is 4.83. The molecule has 0 aliphatic rings. The monoisotopic (exact) mass is 311 g/mol. The van der Waals surface area contributed by atoms with Crippen LogP contribution in [-0.2, 0) is 4.79 Å². The molecule has 0 radical (unpaired) electrons. The van der Waals surface area contributed by atoms with Crippen molar-refractivity contribution in [1.29, 1.82) is 0 Å². The summed E-state index contributed by atoms with van der Waals surface area (Å²) in [5.74, 6) is -0.187. The van der Waals surface area contributed by atoms with E-state index in [9.17, 15) is 4.79 Å². The zero-order chi connectivity index (χ0) is 15.8. The minimum absolute atomic E-state index is 0.0518. The molecule has 21 heavy (non-hydrogen) atoms. The Morgan fingerprint density at radius 2 is 2.19 bits per heavy atom. The Morgan fingerprint density at radius 3 is 2.76 bits per heavy atom. The Labute approximate surface area is 130 Å². The van der Waals surface area contributed by atoms with Gasteiger partial charge >= 0.3 is 0 Å². The van der Waals surface area contributed by atoms with E-state index in [-0.39, 0.29) is 17.7 Å². The molecule has 4 N–H and O–H groups in total. The molecule has 116 valence electrons. The van der Waals surface area contributed by atoms with Crippen molar-refractivity contribution in [2.75, 3.05) is 5.32 Å². The number of unbranched alkanes of at least 4 members (excludes halogenated alkanes) is 1. The molecular weight excluding hydrogens is 290 g/mol. The van der Waals surface area contributed by atoms with Gasteiger partial charge in [-0.05, 0) is 31.0 Å². The lowest BCUT2D eigenvalue weighted by Gasteiger charge is -2.16. The summed E-state index contributed by atoms with van der Waals surface area (Å²) in [6.07, 6.45) is 3.68. The van der Waals surface area contributed by atoms with Crippen LogP contribution in [0.2, 0.25) is 5.02 Å². The Balaban J connectivity index is 2.95. The molecule has 0 aliphatic carbocycles. The molecule has 5 nitrogen and oxygen atoms in total. The second kappa shape index (κ2) is 8.52. The first kappa shape index (κ1) is 17.3. The van der Waals surface area contributed by atoms with Crippen molar-refractivity contribution in [3.63, 3.8) is 0 Å². The molecule has 1 rings (SSSR count). The number of rotatable bonds is 7. The van der Waals surface area contributed by atoms with E-state index in [1.165, 1.54) is 0 Å². The fourth-order valence-corrected chi connectivity index (χ4v) is 2.28. The second-order valence-electron chi connectivity index (χ2n) is 4.91. The van der Waals surface area contributed by atoms with Gasteiger partial charge in [-0.2, -0.15) is 0 Å². The van der Waals surface area contributed by atoms with Crippen LogP contribution in [0.3, 0.4) is 0 Å². The van der Waals surface area contributed by atoms with Crippen LogP contribution < -0.4 is 11.1 Å². The number of hydrogen-bond acceptors (Lipinski definition) is 3. The summed E-state index contributed by atoms with van der Waals surface area (Å²) in [5, 5.41) is 15.1. The number of hydrogen-bond donors (Lipinski definition) is 3. The number of anilines is 1. The lowest BCUT2D eigenvalue weighted by molar-refractivity contribution is -0.120. The van der Waals surface area contributed by atoms with Crippen LogP contribution in [0, 0.1) is 5.92 Å². The summed E-state index contributed by atoms with van der Waals surface area (Å²) in [7, 11) is 0. The number of nitrogens with two attached hydrogens (primary N) is 1. The topological polar surface area (TPSA) is 87.7 Å². The van der Waals surface area contributed by atoms with Crippen molar-refractivity contribution < 1.29 is 10.0 Å². The van der Waals surface area contributed by atoms with Crippen molar-refractivity contribution >= 4 is 29.0 Å². The molecule has 0 heterocycles. The van der Waals surface area contributed by atoms with Crippen molar-refractivity contribution in [3.05, 3.63) is 28.8 Å². The number of amidine groups is 1. The number of nitrogens with zero attached hydrogens (tertiary/aromatic N) is 1. The summed E-state index contributed by atoms with van der Waals surface area (Å²) in [4.78, 5) is 12.3. The molecule has 1 aromatic rings. The Bertz CT molecular complexity index is 518. The van der Waals surface area contributed by atoms with Gasteiger partial charge in [0.1, 0.15) is 0 Å². The average molecular weight is 312 g/mol. The van der Waals surface area contributed by atoms with Crippen molar-refractivity contribution in [2.45, 2.75) is 39.5 Å². The number of amides is 1. The minimum Gasteiger partial charge on any atom is -0.409 e. The lowest BCUT2D eigenvalue weighted by atomic mass is 9.98. The molecule has 0 fully saturated rings. The predicted molar refractivity (Wildman–Crippen MR) is 85.9 cm³/mol. The zero-order valence-corrected chi connectivity index (χ0v) is 13.2. The van der Waals surface area contributed by atoms with E-state index in [4.69, 9.17) is 22.5 Å². The van der Waals surface area contributed by atoms with E-state index in [1.54, 1.807) is 18.2 Å². The summed E-state index contributed by atoms with van der Waals surface area (Å²) >= 11 is 5.95. The van der Waals surface area contributed by atoms with Crippen LogP contribution in [0.1, 0.15) is 45.1 Å². The largest absolute Gasteiger partial charge is 0.409 e. The van der Waals surface area contributed by atoms with E-state index in [0.29, 0.717) is 16.3 Å². The molecule has 0 aliphatic heterocycles. The first-order valence-corrected chi connectivity index (χ1v) is 7.49. The number of halogens is 1. The van der Waals surface area contributed by atoms with E-state index in [1.807, 2.05) is 6.92 Å². The number of carbonyl (C=O) groups excluding carboxylic acids is 1. The van der Waals surface area contributed by atoms with Gasteiger partial charge in [-0.1, -0.05) is 43.4 Å². The Hall–Kier alpha value is -1.75. The molecule has 1 amide bonds. The van der Waals surface area contributed by atoms with E-state index >= 15 is 0 Å². The maximum absolute atomic E-state index is 12.3. The van der Waals surface area contributed by atoms with Gasteiger partial charge in [0, 0.05) is 16.5 Å². The number of carbonyl (C=O) groups is 1. The third-order valence-corrected chi connectivity index (χ3v) is 3.63. The molecule has 0 saturated carbocycles. The highest BCUT2D eigenvalue weighted by molar-refractivity contribution is 6.31. The summed E-state index contributed by atoms with van der Waals surface area (Å²) in [5.41, 5.74) is 6.52. The highest BCUT2D eigenvalue weighted by Crippen LogP contribution is 2.23. The first-order chi connectivity index (χ1) is 10.0. The fraction of sp³-hybridized carbons (Fsp3) is 0.467. The van der Waals surface area contributed by atoms with E-state index in [2.05, 4.69) is 17.4 Å². The Kier molecular flexibility index (Phi) is 7.02. The van der Waals surface area contributed by atoms with Gasteiger partial charge in [0.15, 0.2) is 5.84 Å². The van der Waals surface area contributed by atoms with Gasteiger partial charge in [-0.15, -0.1) is 0 Å². The maximum Gasteiger partial charge on any atom is 0.227 e. The maximum atomic E-state index is 12.3. The van der Waals surface area contributed by atoms with Crippen LogP contribution in [0.5, 0.6) is 0 Å². The van der Waals surface area contributed by atoms with Crippen LogP contribution in [0.15, 0.2) is 23.4 Å². The second-order valence-corrected chi connectivity index (χ2v) is 5.35. The molecule has 1 aromatic carbocycles. The van der Waals surface area contributed by atoms with Crippen LogP contribution >= 0.6 is 11.6 Å². The first-order valence-electron chi connectivity index (χ1n) is 7.11. The van der Waals surface area contributed by atoms with Gasteiger partial charge in [-0.25, -0.2) is 0 Å². The van der Waals surface area contributed by atoms with Crippen molar-refractivity contribution in [2.24, 2.45) is 16.8 Å². The van der Waals surface area contributed by atoms with E-state index in [0.717, 1.165) is 25.7 Å². The lowest BCUT2D eigenvalue weighted by Crippen LogP contribution is -2.24. The zero-order valence-electron chi connectivity index (χ0n) is 12.4. The van der Waals surface area contributed by atoms with E-state index < -0.39 is 0 Å². The minimum atomic E-state index is -0.0693. The highest BCUT2D eigenvalue weighted by Gasteiger charge is 2.18. The molecule has 0 saturated heterocycles. The molecule has 0 bridgehead atoms. The normalized spacial score (nSPS) is 13.0. The number of benzene rings is 1. The van der Waals surface area contributed by atoms with Gasteiger partial charge in [0.25, 0.3) is 0 Å². The summed E-state index contributed by atoms with van der Waals surface area (Å²) < 4.78 is 0. The van der Waals surface area contributed by atoms with Crippen molar-refractivity contribution in [1.82, 2.24) is 0 Å². The third kappa shape index (κ3) is 4.93. The molecule has 0 spiro atoms. The predicted octanol–water partition coefficient (Wildman–Crippen LogP) is 3.59. The van der Waals surface area contributed by atoms with Gasteiger partial charge < -0.3 is 16.3 Å². The Morgan fingerprint density at radius 1 is 1.48 bits per heavy atom. The van der Waals surface area contributed by atoms with Gasteiger partial charge in [-0.3, -0.25) is 4.79 Å². The molecule has 1 atom stereocenters. The summed E-state index contributed by atoms with van der Waals surface area (Å²) in [6.45, 7) is 4.08. The third-order valence-electron chi connectivity index (χ3n) is 3.39. The molecule has 0 aromatic heterocycles. The quantitative estimate of drug-likeness (QED) is 0.311. The molecular formula is C15H22ClN3O2. The van der Waals surface area contributed by atoms with Crippen LogP contribution in [-0.4, -0.2) is 17.0 Å². The smallest absolute Gasteiger partial charge is 0.227 e. The van der Waals surface area contributed by atoms with Gasteiger partial charge in [0.2, 0.25) is 5.91 Å². The standard InChI is InChI=1S/C15H22ClN3O2/c1-3-5-6-10(4-2)15(20)18-13-9-11(16)7-8-12(13)14(17)19-21/h7-10,21H,3-6H2,1-2H3,(H2,17,19)(H,18,20).